The normalized spacial score (nSPS) is 11.0. The van der Waals surface area contributed by atoms with Gasteiger partial charge in [0.2, 0.25) is 0 Å². The first-order valence-electron chi connectivity index (χ1n) is 8.91. The van der Waals surface area contributed by atoms with Gasteiger partial charge < -0.3 is 19.0 Å². The Bertz CT molecular complexity index is 1120. The van der Waals surface area contributed by atoms with E-state index < -0.39 is 0 Å². The smallest absolute Gasteiger partial charge is 0.255 e. The van der Waals surface area contributed by atoms with Crippen molar-refractivity contribution in [1.82, 2.24) is 14.5 Å². The van der Waals surface area contributed by atoms with Gasteiger partial charge in [-0.1, -0.05) is 5.16 Å². The topological polar surface area (TPSA) is 81.7 Å². The summed E-state index contributed by atoms with van der Waals surface area (Å²) in [5, 5.41) is 6.81. The van der Waals surface area contributed by atoms with Gasteiger partial charge in [0.25, 0.3) is 5.91 Å². The predicted molar refractivity (Wildman–Crippen MR) is 105 cm³/mol. The van der Waals surface area contributed by atoms with Gasteiger partial charge in [0.05, 0.1) is 22.6 Å². The van der Waals surface area contributed by atoms with Crippen molar-refractivity contribution in [2.45, 2.75) is 27.4 Å². The van der Waals surface area contributed by atoms with Crippen LogP contribution in [0.4, 0.5) is 5.69 Å². The molecule has 0 unspecified atom stereocenters. The fourth-order valence-electron chi connectivity index (χ4n) is 2.96. The zero-order valence-corrected chi connectivity index (χ0v) is 15.9. The first-order chi connectivity index (χ1) is 13.5. The highest BCUT2D eigenvalue weighted by Crippen LogP contribution is 2.19. The van der Waals surface area contributed by atoms with Crippen LogP contribution in [0.1, 0.15) is 33.1 Å². The van der Waals surface area contributed by atoms with Gasteiger partial charge in [0.15, 0.2) is 0 Å². The van der Waals surface area contributed by atoms with Crippen molar-refractivity contribution in [3.8, 4) is 5.75 Å². The Labute approximate surface area is 161 Å². The van der Waals surface area contributed by atoms with Crippen molar-refractivity contribution in [3.63, 3.8) is 0 Å². The van der Waals surface area contributed by atoms with E-state index in [4.69, 9.17) is 9.26 Å². The summed E-state index contributed by atoms with van der Waals surface area (Å²) in [5.74, 6) is 1.24. The monoisotopic (exact) mass is 376 g/mol. The van der Waals surface area contributed by atoms with Crippen LogP contribution in [0.15, 0.2) is 53.3 Å². The lowest BCUT2D eigenvalue weighted by molar-refractivity contribution is 0.102. The van der Waals surface area contributed by atoms with Crippen molar-refractivity contribution < 1.29 is 14.1 Å². The zero-order chi connectivity index (χ0) is 19.7. The third-order valence-electron chi connectivity index (χ3n) is 4.51. The molecular formula is C21H20N4O3. The SMILES string of the molecule is Cc1cn2cc(NC(=O)c3ccc(OCc4c(C)noc4C)cc3)ccc2n1. The van der Waals surface area contributed by atoms with E-state index in [0.717, 1.165) is 28.4 Å². The average Bonchev–Trinajstić information content (AvgIpc) is 3.21. The molecule has 142 valence electrons. The van der Waals surface area contributed by atoms with Crippen LogP contribution in [0.2, 0.25) is 0 Å². The Hall–Kier alpha value is -3.61. The number of imidazole rings is 1. The number of nitrogens with zero attached hydrogens (tertiary/aromatic N) is 3. The molecule has 0 aliphatic rings. The first kappa shape index (κ1) is 17.8. The molecule has 0 radical (unpaired) electrons. The largest absolute Gasteiger partial charge is 0.489 e. The van der Waals surface area contributed by atoms with Crippen molar-refractivity contribution in [2.24, 2.45) is 0 Å². The predicted octanol–water partition coefficient (Wildman–Crippen LogP) is 4.08. The number of carbonyl (C=O) groups is 1. The standard InChI is InChI=1S/C21H20N4O3/c1-13-10-25-11-17(6-9-20(25)22-13)23-21(26)16-4-7-18(8-5-16)27-12-19-14(2)24-28-15(19)3/h4-11H,12H2,1-3H3,(H,23,26). The van der Waals surface area contributed by atoms with Crippen LogP contribution in [-0.4, -0.2) is 20.4 Å². The molecule has 3 heterocycles. The maximum absolute atomic E-state index is 12.5. The van der Waals surface area contributed by atoms with Crippen LogP contribution in [0.3, 0.4) is 0 Å². The molecule has 1 amide bonds. The van der Waals surface area contributed by atoms with Gasteiger partial charge in [0.1, 0.15) is 23.8 Å². The Morgan fingerprint density at radius 2 is 1.89 bits per heavy atom. The highest BCUT2D eigenvalue weighted by Gasteiger charge is 2.11. The number of hydrogen-bond acceptors (Lipinski definition) is 5. The summed E-state index contributed by atoms with van der Waals surface area (Å²) in [5.41, 5.74) is 4.77. The van der Waals surface area contributed by atoms with E-state index in [1.165, 1.54) is 0 Å². The van der Waals surface area contributed by atoms with Crippen LogP contribution in [-0.2, 0) is 6.61 Å². The van der Waals surface area contributed by atoms with Gasteiger partial charge in [-0.2, -0.15) is 0 Å². The van der Waals surface area contributed by atoms with E-state index in [1.54, 1.807) is 24.3 Å². The number of hydrogen-bond donors (Lipinski definition) is 1. The first-order valence-corrected chi connectivity index (χ1v) is 8.91. The Balaban J connectivity index is 1.41. The minimum atomic E-state index is -0.187. The molecule has 0 bridgehead atoms. The number of rotatable bonds is 5. The van der Waals surface area contributed by atoms with Crippen molar-refractivity contribution >= 4 is 17.2 Å². The van der Waals surface area contributed by atoms with Crippen LogP contribution in [0, 0.1) is 20.8 Å². The number of aryl methyl sites for hydroxylation is 3. The average molecular weight is 376 g/mol. The molecule has 0 atom stereocenters. The van der Waals surface area contributed by atoms with Gasteiger partial charge in [0, 0.05) is 18.0 Å². The molecular weight excluding hydrogens is 356 g/mol. The molecule has 0 saturated carbocycles. The summed E-state index contributed by atoms with van der Waals surface area (Å²) >= 11 is 0. The van der Waals surface area contributed by atoms with E-state index >= 15 is 0 Å². The molecule has 4 rings (SSSR count). The molecule has 1 N–H and O–H groups in total. The Morgan fingerprint density at radius 3 is 2.61 bits per heavy atom. The van der Waals surface area contributed by atoms with Crippen LogP contribution < -0.4 is 10.1 Å². The lowest BCUT2D eigenvalue weighted by atomic mass is 10.2. The Kier molecular flexibility index (Phi) is 4.57. The van der Waals surface area contributed by atoms with Crippen LogP contribution in [0.5, 0.6) is 5.75 Å². The molecule has 7 nitrogen and oxygen atoms in total. The van der Waals surface area contributed by atoms with E-state index in [2.05, 4.69) is 15.5 Å². The van der Waals surface area contributed by atoms with Crippen LogP contribution >= 0.6 is 0 Å². The molecule has 28 heavy (non-hydrogen) atoms. The van der Waals surface area contributed by atoms with Gasteiger partial charge in [-0.15, -0.1) is 0 Å². The third-order valence-corrected chi connectivity index (χ3v) is 4.51. The minimum Gasteiger partial charge on any atom is -0.489 e. The van der Waals surface area contributed by atoms with Gasteiger partial charge >= 0.3 is 0 Å². The lowest BCUT2D eigenvalue weighted by Crippen LogP contribution is -2.12. The highest BCUT2D eigenvalue weighted by molar-refractivity contribution is 6.04. The zero-order valence-electron chi connectivity index (χ0n) is 15.9. The number of amides is 1. The van der Waals surface area contributed by atoms with E-state index in [-0.39, 0.29) is 5.91 Å². The summed E-state index contributed by atoms with van der Waals surface area (Å²) in [7, 11) is 0. The minimum absolute atomic E-state index is 0.187. The molecule has 3 aromatic heterocycles. The Morgan fingerprint density at radius 1 is 1.11 bits per heavy atom. The van der Waals surface area contributed by atoms with Crippen LogP contribution in [0.25, 0.3) is 5.65 Å². The molecule has 1 aromatic carbocycles. The van der Waals surface area contributed by atoms with Gasteiger partial charge in [-0.05, 0) is 57.2 Å². The van der Waals surface area contributed by atoms with E-state index in [9.17, 15) is 4.79 Å². The lowest BCUT2D eigenvalue weighted by Gasteiger charge is -2.08. The second-order valence-electron chi connectivity index (χ2n) is 6.64. The highest BCUT2D eigenvalue weighted by atomic mass is 16.5. The molecule has 0 aliphatic carbocycles. The summed E-state index contributed by atoms with van der Waals surface area (Å²) in [4.78, 5) is 16.9. The summed E-state index contributed by atoms with van der Waals surface area (Å²) < 4.78 is 12.8. The van der Waals surface area contributed by atoms with E-state index in [1.807, 2.05) is 49.7 Å². The molecule has 0 aliphatic heterocycles. The molecule has 4 aromatic rings. The summed E-state index contributed by atoms with van der Waals surface area (Å²) in [6, 6.07) is 10.7. The molecule has 7 heteroatoms. The fourth-order valence-corrected chi connectivity index (χ4v) is 2.96. The van der Waals surface area contributed by atoms with Gasteiger partial charge in [-0.25, -0.2) is 4.98 Å². The quantitative estimate of drug-likeness (QED) is 0.568. The van der Waals surface area contributed by atoms with Gasteiger partial charge in [-0.3, -0.25) is 4.79 Å². The fraction of sp³-hybridized carbons (Fsp3) is 0.190. The number of benzene rings is 1. The summed E-state index contributed by atoms with van der Waals surface area (Å²) in [6.45, 7) is 6.04. The number of ether oxygens (including phenoxy) is 1. The number of aromatic nitrogens is 3. The molecule has 0 fully saturated rings. The third kappa shape index (κ3) is 3.59. The number of nitrogens with one attached hydrogen (secondary N) is 1. The number of pyridine rings is 1. The number of anilines is 1. The maximum Gasteiger partial charge on any atom is 0.255 e. The van der Waals surface area contributed by atoms with E-state index in [0.29, 0.717) is 23.6 Å². The second kappa shape index (κ2) is 7.19. The number of carbonyl (C=O) groups excluding carboxylic acids is 1. The van der Waals surface area contributed by atoms with Crippen molar-refractivity contribution in [1.29, 1.82) is 0 Å². The second-order valence-corrected chi connectivity index (χ2v) is 6.64. The number of fused-ring (bicyclic) bond motifs is 1. The maximum atomic E-state index is 12.5. The molecule has 0 saturated heterocycles. The molecule has 0 spiro atoms. The summed E-state index contributed by atoms with van der Waals surface area (Å²) in [6.07, 6.45) is 3.75. The van der Waals surface area contributed by atoms with Crippen molar-refractivity contribution in [3.05, 3.63) is 77.1 Å². The van der Waals surface area contributed by atoms with Crippen molar-refractivity contribution in [2.75, 3.05) is 5.32 Å².